The Bertz CT molecular complexity index is 614. The second-order valence-electron chi connectivity index (χ2n) is 4.92. The predicted octanol–water partition coefficient (Wildman–Crippen LogP) is 1.28. The highest BCUT2D eigenvalue weighted by Gasteiger charge is 2.17. The van der Waals surface area contributed by atoms with Gasteiger partial charge in [-0.2, -0.15) is 0 Å². The maximum absolute atomic E-state index is 12.3. The first-order chi connectivity index (χ1) is 10.4. The van der Waals surface area contributed by atoms with Gasteiger partial charge < -0.3 is 10.8 Å². The molecular weight excluding hydrogens is 304 g/mol. The molecule has 0 amide bonds. The average Bonchev–Trinajstić information content (AvgIpc) is 2.49. The second-order valence-corrected chi connectivity index (χ2v) is 6.66. The van der Waals surface area contributed by atoms with E-state index >= 15 is 0 Å². The lowest BCUT2D eigenvalue weighted by Crippen LogP contribution is -2.32. The SMILES string of the molecule is C=CCCc1ccccc1S(=O)(=O)NCCC[C@H](N)C(=O)O. The molecule has 6 nitrogen and oxygen atoms in total. The van der Waals surface area contributed by atoms with Crippen molar-refractivity contribution < 1.29 is 18.3 Å². The van der Waals surface area contributed by atoms with Gasteiger partial charge in [0.25, 0.3) is 0 Å². The maximum Gasteiger partial charge on any atom is 0.320 e. The van der Waals surface area contributed by atoms with Gasteiger partial charge in [-0.15, -0.1) is 6.58 Å². The highest BCUT2D eigenvalue weighted by molar-refractivity contribution is 7.89. The summed E-state index contributed by atoms with van der Waals surface area (Å²) in [6.07, 6.45) is 3.62. The number of carbonyl (C=O) groups is 1. The zero-order chi connectivity index (χ0) is 16.6. The molecule has 1 atom stereocenters. The van der Waals surface area contributed by atoms with Crippen LogP contribution in [0.3, 0.4) is 0 Å². The van der Waals surface area contributed by atoms with Crippen LogP contribution in [0.1, 0.15) is 24.8 Å². The van der Waals surface area contributed by atoms with Crippen molar-refractivity contribution in [2.45, 2.75) is 36.6 Å². The number of allylic oxidation sites excluding steroid dienone is 1. The summed E-state index contributed by atoms with van der Waals surface area (Å²) in [7, 11) is -3.61. The molecule has 4 N–H and O–H groups in total. The summed E-state index contributed by atoms with van der Waals surface area (Å²) < 4.78 is 27.1. The molecule has 0 unspecified atom stereocenters. The minimum atomic E-state index is -3.61. The number of carboxylic acids is 1. The van der Waals surface area contributed by atoms with Gasteiger partial charge >= 0.3 is 5.97 Å². The summed E-state index contributed by atoms with van der Waals surface area (Å²) in [6, 6.07) is 5.84. The van der Waals surface area contributed by atoms with Crippen molar-refractivity contribution in [1.29, 1.82) is 0 Å². The van der Waals surface area contributed by atoms with E-state index in [9.17, 15) is 13.2 Å². The first-order valence-corrected chi connectivity index (χ1v) is 8.53. The smallest absolute Gasteiger partial charge is 0.320 e. The van der Waals surface area contributed by atoms with Crippen LogP contribution >= 0.6 is 0 Å². The highest BCUT2D eigenvalue weighted by Crippen LogP contribution is 2.17. The van der Waals surface area contributed by atoms with Gasteiger partial charge in [0.2, 0.25) is 10.0 Å². The summed E-state index contributed by atoms with van der Waals surface area (Å²) in [5.74, 6) is -1.09. The second kappa shape index (κ2) is 8.67. The highest BCUT2D eigenvalue weighted by atomic mass is 32.2. The van der Waals surface area contributed by atoms with E-state index in [0.717, 1.165) is 5.56 Å². The van der Waals surface area contributed by atoms with E-state index in [1.165, 1.54) is 0 Å². The van der Waals surface area contributed by atoms with E-state index in [1.54, 1.807) is 30.3 Å². The van der Waals surface area contributed by atoms with Gasteiger partial charge in [0.15, 0.2) is 0 Å². The molecule has 1 aromatic rings. The van der Waals surface area contributed by atoms with Crippen molar-refractivity contribution in [2.75, 3.05) is 6.54 Å². The van der Waals surface area contributed by atoms with Crippen LogP contribution in [-0.4, -0.2) is 32.1 Å². The Morgan fingerprint density at radius 2 is 2.09 bits per heavy atom. The molecule has 22 heavy (non-hydrogen) atoms. The Morgan fingerprint density at radius 3 is 2.73 bits per heavy atom. The predicted molar refractivity (Wildman–Crippen MR) is 85.0 cm³/mol. The van der Waals surface area contributed by atoms with Crippen molar-refractivity contribution >= 4 is 16.0 Å². The molecule has 1 rings (SSSR count). The van der Waals surface area contributed by atoms with Crippen molar-refractivity contribution in [3.8, 4) is 0 Å². The Morgan fingerprint density at radius 1 is 1.41 bits per heavy atom. The number of aryl methyl sites for hydroxylation is 1. The largest absolute Gasteiger partial charge is 0.480 e. The van der Waals surface area contributed by atoms with E-state index in [0.29, 0.717) is 19.3 Å². The fraction of sp³-hybridized carbons (Fsp3) is 0.400. The van der Waals surface area contributed by atoms with E-state index in [1.807, 2.05) is 0 Å². The lowest BCUT2D eigenvalue weighted by atomic mass is 10.1. The third kappa shape index (κ3) is 5.59. The molecule has 0 heterocycles. The molecule has 7 heteroatoms. The summed E-state index contributed by atoms with van der Waals surface area (Å²) in [6.45, 7) is 3.79. The lowest BCUT2D eigenvalue weighted by Gasteiger charge is -2.11. The number of aliphatic carboxylic acids is 1. The minimum Gasteiger partial charge on any atom is -0.480 e. The zero-order valence-corrected chi connectivity index (χ0v) is 13.2. The number of rotatable bonds is 10. The topological polar surface area (TPSA) is 109 Å². The van der Waals surface area contributed by atoms with Crippen LogP contribution in [0, 0.1) is 0 Å². The molecule has 0 fully saturated rings. The number of hydrogen-bond donors (Lipinski definition) is 3. The van der Waals surface area contributed by atoms with Crippen molar-refractivity contribution in [2.24, 2.45) is 5.73 Å². The van der Waals surface area contributed by atoms with E-state index in [-0.39, 0.29) is 17.9 Å². The van der Waals surface area contributed by atoms with Gasteiger partial charge in [-0.1, -0.05) is 24.3 Å². The Labute approximate surface area is 131 Å². The number of sulfonamides is 1. The molecule has 0 saturated heterocycles. The van der Waals surface area contributed by atoms with Crippen LogP contribution in [-0.2, 0) is 21.2 Å². The van der Waals surface area contributed by atoms with Gasteiger partial charge in [-0.25, -0.2) is 13.1 Å². The fourth-order valence-electron chi connectivity index (χ4n) is 1.96. The monoisotopic (exact) mass is 326 g/mol. The third-order valence-corrected chi connectivity index (χ3v) is 4.74. The molecule has 0 aliphatic rings. The molecule has 0 spiro atoms. The van der Waals surface area contributed by atoms with Crippen LogP contribution in [0.5, 0.6) is 0 Å². The average molecular weight is 326 g/mol. The van der Waals surface area contributed by atoms with Gasteiger partial charge in [0.05, 0.1) is 4.90 Å². The normalized spacial score (nSPS) is 12.8. The minimum absolute atomic E-state index is 0.152. The van der Waals surface area contributed by atoms with Gasteiger partial charge in [0, 0.05) is 6.54 Å². The summed E-state index contributed by atoms with van der Waals surface area (Å²) in [5, 5.41) is 8.67. The Hall–Kier alpha value is -1.70. The standard InChI is InChI=1S/C15H22N2O4S/c1-2-3-7-12-8-4-5-10-14(12)22(20,21)17-11-6-9-13(16)15(18)19/h2,4-5,8,10,13,17H,1,3,6-7,9,11,16H2,(H,18,19)/t13-/m0/s1. The number of hydrogen-bond acceptors (Lipinski definition) is 4. The van der Waals surface area contributed by atoms with Crippen molar-refractivity contribution in [3.63, 3.8) is 0 Å². The molecule has 0 saturated carbocycles. The number of nitrogens with two attached hydrogens (primary N) is 1. The fourth-order valence-corrected chi connectivity index (χ4v) is 3.30. The molecule has 0 radical (unpaired) electrons. The quantitative estimate of drug-likeness (QED) is 0.443. The van der Waals surface area contributed by atoms with Crippen LogP contribution in [0.15, 0.2) is 41.8 Å². The number of nitrogens with one attached hydrogen (secondary N) is 1. The van der Waals surface area contributed by atoms with Gasteiger partial charge in [-0.3, -0.25) is 4.79 Å². The summed E-state index contributed by atoms with van der Waals surface area (Å²) >= 11 is 0. The Kier molecular flexibility index (Phi) is 7.23. The molecule has 1 aromatic carbocycles. The first kappa shape index (κ1) is 18.3. The van der Waals surface area contributed by atoms with Crippen molar-refractivity contribution in [1.82, 2.24) is 4.72 Å². The van der Waals surface area contributed by atoms with E-state index in [2.05, 4.69) is 11.3 Å². The van der Waals surface area contributed by atoms with Crippen LogP contribution in [0.25, 0.3) is 0 Å². The van der Waals surface area contributed by atoms with Gasteiger partial charge in [0.1, 0.15) is 6.04 Å². The van der Waals surface area contributed by atoms with Gasteiger partial charge in [-0.05, 0) is 37.3 Å². The third-order valence-electron chi connectivity index (χ3n) is 3.18. The number of carboxylic acid groups (broad SMARTS) is 1. The van der Waals surface area contributed by atoms with E-state index < -0.39 is 22.0 Å². The van der Waals surface area contributed by atoms with Crippen LogP contribution in [0.4, 0.5) is 0 Å². The van der Waals surface area contributed by atoms with Crippen LogP contribution < -0.4 is 10.5 Å². The molecule has 122 valence electrons. The molecule has 0 aliphatic heterocycles. The maximum atomic E-state index is 12.3. The zero-order valence-electron chi connectivity index (χ0n) is 12.4. The van der Waals surface area contributed by atoms with E-state index in [4.69, 9.17) is 10.8 Å². The molecule has 0 bridgehead atoms. The van der Waals surface area contributed by atoms with Crippen LogP contribution in [0.2, 0.25) is 0 Å². The summed E-state index contributed by atoms with van der Waals surface area (Å²) in [5.41, 5.74) is 6.10. The number of benzene rings is 1. The Balaban J connectivity index is 2.66. The summed E-state index contributed by atoms with van der Waals surface area (Å²) in [4.78, 5) is 10.8. The molecule has 0 aliphatic carbocycles. The lowest BCUT2D eigenvalue weighted by molar-refractivity contribution is -0.138. The molecular formula is C15H22N2O4S. The van der Waals surface area contributed by atoms with Crippen molar-refractivity contribution in [3.05, 3.63) is 42.5 Å². The first-order valence-electron chi connectivity index (χ1n) is 7.05. The molecule has 0 aromatic heterocycles.